The Balaban J connectivity index is 2.64. The van der Waals surface area contributed by atoms with Crippen LogP contribution in [0.4, 0.5) is 10.5 Å². The zero-order valence-electron chi connectivity index (χ0n) is 12.3. The first kappa shape index (κ1) is 16.5. The number of amides is 3. The molecule has 114 valence electrons. The Kier molecular flexibility index (Phi) is 5.71. The Bertz CT molecular complexity index is 543. The fourth-order valence-corrected chi connectivity index (χ4v) is 1.53. The highest BCUT2D eigenvalue weighted by Gasteiger charge is 2.14. The second-order valence-electron chi connectivity index (χ2n) is 4.67. The summed E-state index contributed by atoms with van der Waals surface area (Å²) in [6.45, 7) is 3.22. The van der Waals surface area contributed by atoms with Crippen LogP contribution in [0.5, 0.6) is 0 Å². The summed E-state index contributed by atoms with van der Waals surface area (Å²) in [6, 6.07) is 6.35. The molecular weight excluding hydrogens is 274 g/mol. The van der Waals surface area contributed by atoms with E-state index in [1.165, 1.54) is 18.0 Å². The van der Waals surface area contributed by atoms with Crippen LogP contribution in [0.1, 0.15) is 24.2 Å². The Morgan fingerprint density at radius 3 is 2.57 bits per heavy atom. The largest absolute Gasteiger partial charge is 0.447 e. The molecule has 0 heterocycles. The highest BCUT2D eigenvalue weighted by atomic mass is 16.6. The van der Waals surface area contributed by atoms with E-state index >= 15 is 0 Å². The van der Waals surface area contributed by atoms with Gasteiger partial charge in [0, 0.05) is 18.3 Å². The maximum absolute atomic E-state index is 12.0. The van der Waals surface area contributed by atoms with Gasteiger partial charge in [-0.25, -0.2) is 4.79 Å². The Morgan fingerprint density at radius 1 is 1.33 bits per heavy atom. The maximum atomic E-state index is 12.0. The Hall–Kier alpha value is -2.57. The minimum absolute atomic E-state index is 0.206. The third-order valence-corrected chi connectivity index (χ3v) is 2.62. The van der Waals surface area contributed by atoms with E-state index in [1.54, 1.807) is 32.0 Å². The molecule has 0 aliphatic carbocycles. The van der Waals surface area contributed by atoms with Gasteiger partial charge in [0.05, 0.1) is 6.10 Å². The Labute approximate surface area is 123 Å². The van der Waals surface area contributed by atoms with Gasteiger partial charge >= 0.3 is 6.09 Å². The number of carbonyl (C=O) groups is 3. The van der Waals surface area contributed by atoms with Crippen LogP contribution in [0.15, 0.2) is 24.3 Å². The molecule has 0 fully saturated rings. The van der Waals surface area contributed by atoms with E-state index in [-0.39, 0.29) is 18.6 Å². The summed E-state index contributed by atoms with van der Waals surface area (Å²) >= 11 is 0. The van der Waals surface area contributed by atoms with Crippen LogP contribution >= 0.6 is 0 Å². The third kappa shape index (κ3) is 5.13. The van der Waals surface area contributed by atoms with E-state index in [0.717, 1.165) is 0 Å². The van der Waals surface area contributed by atoms with E-state index in [1.807, 2.05) is 0 Å². The smallest absolute Gasteiger partial charge is 0.407 e. The molecule has 0 aliphatic heterocycles. The number of carbonyl (C=O) groups excluding carboxylic acids is 3. The average Bonchev–Trinajstić information content (AvgIpc) is 2.43. The van der Waals surface area contributed by atoms with Crippen molar-refractivity contribution in [1.29, 1.82) is 0 Å². The van der Waals surface area contributed by atoms with Gasteiger partial charge in [-0.2, -0.15) is 0 Å². The van der Waals surface area contributed by atoms with Crippen molar-refractivity contribution in [3.63, 3.8) is 0 Å². The van der Waals surface area contributed by atoms with Gasteiger partial charge in [-0.1, -0.05) is 6.07 Å². The number of nitrogens with one attached hydrogen (secondary N) is 1. The Morgan fingerprint density at radius 2 is 2.00 bits per heavy atom. The maximum Gasteiger partial charge on any atom is 0.407 e. The van der Waals surface area contributed by atoms with Gasteiger partial charge in [0.1, 0.15) is 6.54 Å². The van der Waals surface area contributed by atoms with Gasteiger partial charge in [0.2, 0.25) is 11.8 Å². The monoisotopic (exact) mass is 293 g/mol. The minimum Gasteiger partial charge on any atom is -0.447 e. The second-order valence-corrected chi connectivity index (χ2v) is 4.67. The SMILES string of the molecule is CC(C)OC(=O)NCC(=O)N(C)c1cccc(C(N)=O)c1. The van der Waals surface area contributed by atoms with Crippen molar-refractivity contribution in [2.75, 3.05) is 18.5 Å². The lowest BCUT2D eigenvalue weighted by molar-refractivity contribution is -0.117. The molecule has 0 unspecified atom stereocenters. The average molecular weight is 293 g/mol. The molecule has 0 bridgehead atoms. The summed E-state index contributed by atoms with van der Waals surface area (Å²) in [5, 5.41) is 2.36. The molecule has 0 aliphatic rings. The molecule has 1 rings (SSSR count). The highest BCUT2D eigenvalue weighted by molar-refractivity contribution is 5.98. The molecule has 3 amide bonds. The fourth-order valence-electron chi connectivity index (χ4n) is 1.53. The summed E-state index contributed by atoms with van der Waals surface area (Å²) in [4.78, 5) is 35.7. The molecule has 21 heavy (non-hydrogen) atoms. The van der Waals surface area contributed by atoms with E-state index in [4.69, 9.17) is 10.5 Å². The number of hydrogen-bond acceptors (Lipinski definition) is 4. The van der Waals surface area contributed by atoms with Crippen molar-refractivity contribution in [2.24, 2.45) is 5.73 Å². The van der Waals surface area contributed by atoms with Crippen LogP contribution in [0.2, 0.25) is 0 Å². The molecule has 7 heteroatoms. The molecule has 1 aromatic carbocycles. The summed E-state index contributed by atoms with van der Waals surface area (Å²) < 4.78 is 4.85. The van der Waals surface area contributed by atoms with Crippen molar-refractivity contribution in [3.8, 4) is 0 Å². The standard InChI is InChI=1S/C14H19N3O4/c1-9(2)21-14(20)16-8-12(18)17(3)11-6-4-5-10(7-11)13(15)19/h4-7,9H,8H2,1-3H3,(H2,15,19)(H,16,20). The molecular formula is C14H19N3O4. The summed E-state index contributed by atoms with van der Waals surface area (Å²) in [6.07, 6.45) is -0.914. The van der Waals surface area contributed by atoms with E-state index in [9.17, 15) is 14.4 Å². The lowest BCUT2D eigenvalue weighted by Crippen LogP contribution is -2.39. The van der Waals surface area contributed by atoms with Crippen molar-refractivity contribution in [2.45, 2.75) is 20.0 Å². The number of nitrogens with two attached hydrogens (primary N) is 1. The zero-order valence-corrected chi connectivity index (χ0v) is 12.3. The van der Waals surface area contributed by atoms with Gasteiger partial charge < -0.3 is 20.7 Å². The lowest BCUT2D eigenvalue weighted by Gasteiger charge is -2.18. The van der Waals surface area contributed by atoms with E-state index in [0.29, 0.717) is 11.3 Å². The lowest BCUT2D eigenvalue weighted by atomic mass is 10.2. The number of benzene rings is 1. The number of likely N-dealkylation sites (N-methyl/N-ethyl adjacent to an activating group) is 1. The van der Waals surface area contributed by atoms with E-state index < -0.39 is 12.0 Å². The third-order valence-electron chi connectivity index (χ3n) is 2.62. The van der Waals surface area contributed by atoms with Crippen LogP contribution in [0, 0.1) is 0 Å². The van der Waals surface area contributed by atoms with Crippen LogP contribution < -0.4 is 16.0 Å². The first-order chi connectivity index (χ1) is 9.81. The van der Waals surface area contributed by atoms with Crippen LogP contribution in [0.3, 0.4) is 0 Å². The van der Waals surface area contributed by atoms with Gasteiger partial charge in [-0.05, 0) is 32.0 Å². The number of primary amides is 1. The molecule has 0 saturated heterocycles. The number of alkyl carbamates (subject to hydrolysis) is 1. The molecule has 0 radical (unpaired) electrons. The first-order valence-corrected chi connectivity index (χ1v) is 6.42. The van der Waals surface area contributed by atoms with Crippen LogP contribution in [-0.2, 0) is 9.53 Å². The van der Waals surface area contributed by atoms with Crippen LogP contribution in [-0.4, -0.2) is 37.6 Å². The topological polar surface area (TPSA) is 102 Å². The number of nitrogens with zero attached hydrogens (tertiary/aromatic N) is 1. The fraction of sp³-hybridized carbons (Fsp3) is 0.357. The van der Waals surface area contributed by atoms with Crippen molar-refractivity contribution >= 4 is 23.6 Å². The molecule has 0 atom stereocenters. The van der Waals surface area contributed by atoms with Crippen LogP contribution in [0.25, 0.3) is 0 Å². The van der Waals surface area contributed by atoms with Crippen molar-refractivity contribution in [3.05, 3.63) is 29.8 Å². The quantitative estimate of drug-likeness (QED) is 0.841. The number of rotatable bonds is 5. The van der Waals surface area contributed by atoms with E-state index in [2.05, 4.69) is 5.32 Å². The predicted octanol–water partition coefficient (Wildman–Crippen LogP) is 0.883. The summed E-state index contributed by atoms with van der Waals surface area (Å²) in [5.41, 5.74) is 6.00. The highest BCUT2D eigenvalue weighted by Crippen LogP contribution is 2.14. The van der Waals surface area contributed by atoms with Gasteiger partial charge in [0.25, 0.3) is 0 Å². The number of ether oxygens (including phenoxy) is 1. The summed E-state index contributed by atoms with van der Waals surface area (Å²) in [5.74, 6) is -0.923. The van der Waals surface area contributed by atoms with Crippen molar-refractivity contribution in [1.82, 2.24) is 5.32 Å². The number of hydrogen-bond donors (Lipinski definition) is 2. The zero-order chi connectivity index (χ0) is 16.0. The van der Waals surface area contributed by atoms with Gasteiger partial charge in [-0.15, -0.1) is 0 Å². The van der Waals surface area contributed by atoms with Gasteiger partial charge in [0.15, 0.2) is 0 Å². The summed E-state index contributed by atoms with van der Waals surface area (Å²) in [7, 11) is 1.54. The minimum atomic E-state index is -0.655. The first-order valence-electron chi connectivity index (χ1n) is 6.42. The number of anilines is 1. The molecule has 0 spiro atoms. The molecule has 3 N–H and O–H groups in total. The molecule has 0 aromatic heterocycles. The molecule has 7 nitrogen and oxygen atoms in total. The van der Waals surface area contributed by atoms with Crippen molar-refractivity contribution < 1.29 is 19.1 Å². The normalized spacial score (nSPS) is 10.1. The second kappa shape index (κ2) is 7.28. The van der Waals surface area contributed by atoms with Gasteiger partial charge in [-0.3, -0.25) is 9.59 Å². The molecule has 0 saturated carbocycles. The predicted molar refractivity (Wildman–Crippen MR) is 78.0 cm³/mol. The molecule has 1 aromatic rings.